The van der Waals surface area contributed by atoms with E-state index < -0.39 is 5.54 Å². The monoisotopic (exact) mass is 287 g/mol. The first-order valence-corrected chi connectivity index (χ1v) is 6.43. The molecule has 0 spiro atoms. The zero-order chi connectivity index (χ0) is 15.6. The van der Waals surface area contributed by atoms with Crippen LogP contribution in [-0.4, -0.2) is 36.4 Å². The van der Waals surface area contributed by atoms with Crippen LogP contribution in [0, 0.1) is 11.3 Å². The molecule has 0 unspecified atom stereocenters. The van der Waals surface area contributed by atoms with Gasteiger partial charge in [-0.2, -0.15) is 5.26 Å². The summed E-state index contributed by atoms with van der Waals surface area (Å²) in [5, 5.41) is 21.2. The minimum absolute atomic E-state index is 0.115. The Morgan fingerprint density at radius 1 is 1.33 bits per heavy atom. The molecule has 1 aromatic rings. The summed E-state index contributed by atoms with van der Waals surface area (Å²) in [6, 6.07) is 5.49. The van der Waals surface area contributed by atoms with Crippen LogP contribution < -0.4 is 9.47 Å². The van der Waals surface area contributed by atoms with Crippen molar-refractivity contribution in [2.24, 2.45) is 10.1 Å². The van der Waals surface area contributed by atoms with Crippen LogP contribution in [0.15, 0.2) is 22.3 Å². The van der Waals surface area contributed by atoms with Gasteiger partial charge in [0.2, 0.25) is 5.71 Å². The van der Waals surface area contributed by atoms with E-state index in [2.05, 4.69) is 10.1 Å². The number of hydrogen-bond acceptors (Lipinski definition) is 6. The molecular weight excluding hydrogens is 270 g/mol. The van der Waals surface area contributed by atoms with E-state index in [0.717, 1.165) is 11.1 Å². The van der Waals surface area contributed by atoms with Gasteiger partial charge in [0.15, 0.2) is 11.5 Å². The van der Waals surface area contributed by atoms with Crippen molar-refractivity contribution < 1.29 is 14.7 Å². The van der Waals surface area contributed by atoms with Crippen molar-refractivity contribution in [2.75, 3.05) is 14.2 Å². The molecule has 1 aliphatic heterocycles. The van der Waals surface area contributed by atoms with Crippen LogP contribution in [0.1, 0.15) is 25.0 Å². The number of aliphatic imine (C=N–C) groups is 1. The summed E-state index contributed by atoms with van der Waals surface area (Å²) in [5.41, 5.74) is 1.55. The summed E-state index contributed by atoms with van der Waals surface area (Å²) in [5.74, 6) is 1.16. The van der Waals surface area contributed by atoms with Crippen molar-refractivity contribution in [3.05, 3.63) is 23.3 Å². The molecule has 6 nitrogen and oxygen atoms in total. The second-order valence-electron chi connectivity index (χ2n) is 5.37. The van der Waals surface area contributed by atoms with Crippen LogP contribution in [0.25, 0.3) is 0 Å². The van der Waals surface area contributed by atoms with Crippen LogP contribution in [0.3, 0.4) is 0 Å². The van der Waals surface area contributed by atoms with Crippen molar-refractivity contribution in [3.63, 3.8) is 0 Å². The first-order chi connectivity index (χ1) is 9.95. The van der Waals surface area contributed by atoms with Gasteiger partial charge in [0.1, 0.15) is 11.8 Å². The molecule has 0 aliphatic carbocycles. The normalized spacial score (nSPS) is 16.5. The summed E-state index contributed by atoms with van der Waals surface area (Å²) in [4.78, 5) is 4.54. The lowest BCUT2D eigenvalue weighted by Gasteiger charge is -2.29. The number of oxime groups is 1. The second-order valence-corrected chi connectivity index (χ2v) is 5.37. The molecule has 0 fully saturated rings. The fraction of sp³-hybridized carbons (Fsp3) is 0.400. The van der Waals surface area contributed by atoms with E-state index in [9.17, 15) is 0 Å². The summed E-state index contributed by atoms with van der Waals surface area (Å²) in [6.07, 6.45) is 0.691. The van der Waals surface area contributed by atoms with E-state index >= 15 is 0 Å². The van der Waals surface area contributed by atoms with Gasteiger partial charge in [-0.15, -0.1) is 0 Å². The van der Waals surface area contributed by atoms with Gasteiger partial charge in [-0.3, -0.25) is 4.99 Å². The molecule has 2 rings (SSSR count). The highest BCUT2D eigenvalue weighted by Gasteiger charge is 2.30. The smallest absolute Gasteiger partial charge is 0.205 e. The summed E-state index contributed by atoms with van der Waals surface area (Å²) < 4.78 is 10.6. The van der Waals surface area contributed by atoms with Crippen molar-refractivity contribution in [2.45, 2.75) is 25.8 Å². The van der Waals surface area contributed by atoms with E-state index in [1.807, 2.05) is 26.0 Å². The first kappa shape index (κ1) is 14.9. The second kappa shape index (κ2) is 5.44. The van der Waals surface area contributed by atoms with Crippen molar-refractivity contribution in [1.29, 1.82) is 5.26 Å². The Kier molecular flexibility index (Phi) is 3.85. The predicted octanol–water partition coefficient (Wildman–Crippen LogP) is 2.18. The highest BCUT2D eigenvalue weighted by atomic mass is 16.5. The molecule has 110 valence electrons. The minimum Gasteiger partial charge on any atom is -0.493 e. The van der Waals surface area contributed by atoms with Gasteiger partial charge in [0.05, 0.1) is 19.8 Å². The van der Waals surface area contributed by atoms with Gasteiger partial charge in [-0.1, -0.05) is 5.16 Å². The largest absolute Gasteiger partial charge is 0.493 e. The molecule has 0 saturated heterocycles. The third-order valence-electron chi connectivity index (χ3n) is 3.33. The van der Waals surface area contributed by atoms with E-state index in [0.29, 0.717) is 23.6 Å². The van der Waals surface area contributed by atoms with Crippen molar-refractivity contribution >= 4 is 11.4 Å². The van der Waals surface area contributed by atoms with E-state index in [-0.39, 0.29) is 5.71 Å². The molecule has 1 heterocycles. The maximum Gasteiger partial charge on any atom is 0.205 e. The molecule has 1 aromatic carbocycles. The predicted molar refractivity (Wildman–Crippen MR) is 78.7 cm³/mol. The van der Waals surface area contributed by atoms with Crippen LogP contribution in [0.4, 0.5) is 0 Å². The Labute approximate surface area is 123 Å². The molecule has 1 aliphatic rings. The fourth-order valence-electron chi connectivity index (χ4n) is 2.46. The molecule has 0 saturated carbocycles. The van der Waals surface area contributed by atoms with E-state index in [1.54, 1.807) is 20.3 Å². The van der Waals surface area contributed by atoms with Crippen LogP contribution in [0.5, 0.6) is 11.5 Å². The minimum atomic E-state index is -0.394. The first-order valence-electron chi connectivity index (χ1n) is 6.43. The van der Waals surface area contributed by atoms with Crippen molar-refractivity contribution in [1.82, 2.24) is 0 Å². The number of nitrogens with zero attached hydrogens (tertiary/aromatic N) is 3. The topological polar surface area (TPSA) is 87.2 Å². The van der Waals surface area contributed by atoms with Gasteiger partial charge in [0.25, 0.3) is 0 Å². The van der Waals surface area contributed by atoms with E-state index in [1.165, 1.54) is 0 Å². The Bertz CT molecular complexity index is 669. The van der Waals surface area contributed by atoms with Gasteiger partial charge < -0.3 is 14.7 Å². The summed E-state index contributed by atoms with van der Waals surface area (Å²) in [6.45, 7) is 3.91. The summed E-state index contributed by atoms with van der Waals surface area (Å²) in [7, 11) is 3.11. The molecule has 0 amide bonds. The lowest BCUT2D eigenvalue weighted by molar-refractivity contribution is 0.320. The van der Waals surface area contributed by atoms with Crippen molar-refractivity contribution in [3.8, 4) is 17.6 Å². The number of fused-ring (bicyclic) bond motifs is 1. The molecule has 6 heteroatoms. The number of methoxy groups -OCH3 is 2. The van der Waals surface area contributed by atoms with Gasteiger partial charge in [-0.05, 0) is 38.0 Å². The Morgan fingerprint density at radius 2 is 1.95 bits per heavy atom. The number of ether oxygens (including phenoxy) is 2. The zero-order valence-electron chi connectivity index (χ0n) is 12.5. The SMILES string of the molecule is COc1cc2c(cc1OC)C(/C(C#N)=N/O)=NC(C)(C)C2. The Morgan fingerprint density at radius 3 is 2.48 bits per heavy atom. The maximum absolute atomic E-state index is 9.12. The summed E-state index contributed by atoms with van der Waals surface area (Å²) >= 11 is 0. The average molecular weight is 287 g/mol. The molecular formula is C15H17N3O3. The lowest BCUT2D eigenvalue weighted by Crippen LogP contribution is -2.32. The number of rotatable bonds is 3. The zero-order valence-corrected chi connectivity index (χ0v) is 12.5. The molecule has 21 heavy (non-hydrogen) atoms. The van der Waals surface area contributed by atoms with Gasteiger partial charge in [0, 0.05) is 5.56 Å². The third kappa shape index (κ3) is 2.68. The fourth-order valence-corrected chi connectivity index (χ4v) is 2.46. The number of hydrogen-bond donors (Lipinski definition) is 1. The third-order valence-corrected chi connectivity index (χ3v) is 3.33. The van der Waals surface area contributed by atoms with E-state index in [4.69, 9.17) is 19.9 Å². The number of benzene rings is 1. The molecule has 0 bridgehead atoms. The van der Waals surface area contributed by atoms with Gasteiger partial charge in [-0.25, -0.2) is 0 Å². The highest BCUT2D eigenvalue weighted by molar-refractivity contribution is 6.53. The molecule has 0 aromatic heterocycles. The lowest BCUT2D eigenvalue weighted by atomic mass is 9.85. The highest BCUT2D eigenvalue weighted by Crippen LogP contribution is 2.36. The van der Waals surface area contributed by atoms with Crippen LogP contribution in [0.2, 0.25) is 0 Å². The molecule has 1 N–H and O–H groups in total. The molecule has 0 atom stereocenters. The Balaban J connectivity index is 2.70. The maximum atomic E-state index is 9.12. The van der Waals surface area contributed by atoms with Crippen LogP contribution >= 0.6 is 0 Å². The Hall–Kier alpha value is -2.55. The van der Waals surface area contributed by atoms with Gasteiger partial charge >= 0.3 is 0 Å². The standard InChI is InChI=1S/C15H17N3O3/c1-15(2)7-9-5-12(20-3)13(21-4)6-10(9)14(17-15)11(8-16)18-19/h5-6,19H,7H2,1-4H3/b18-11+. The van der Waals surface area contributed by atoms with Crippen LogP contribution in [-0.2, 0) is 6.42 Å². The molecule has 0 radical (unpaired) electrons. The quantitative estimate of drug-likeness (QED) is 0.524. The average Bonchev–Trinajstić information content (AvgIpc) is 2.46. The number of nitriles is 1.